The molecule has 0 saturated heterocycles. The standard InChI is InChI=1S/C15H10ClN3/c1-10-4-2-6-14(11(10)8-17)19-15-7-3-5-13(16)12(15)9-18/h2-7,19H,1H3. The lowest BCUT2D eigenvalue weighted by atomic mass is 10.1. The summed E-state index contributed by atoms with van der Waals surface area (Å²) in [6, 6.07) is 14.9. The second-order valence-electron chi connectivity index (χ2n) is 4.01. The van der Waals surface area contributed by atoms with Gasteiger partial charge in [-0.2, -0.15) is 10.5 Å². The van der Waals surface area contributed by atoms with Gasteiger partial charge in [0, 0.05) is 0 Å². The molecule has 0 aliphatic heterocycles. The first-order valence-corrected chi connectivity index (χ1v) is 6.00. The number of rotatable bonds is 2. The Hall–Kier alpha value is -2.49. The molecule has 19 heavy (non-hydrogen) atoms. The van der Waals surface area contributed by atoms with Gasteiger partial charge in [-0.25, -0.2) is 0 Å². The third kappa shape index (κ3) is 2.52. The van der Waals surface area contributed by atoms with Crippen molar-refractivity contribution in [2.24, 2.45) is 0 Å². The van der Waals surface area contributed by atoms with Crippen molar-refractivity contribution in [3.63, 3.8) is 0 Å². The van der Waals surface area contributed by atoms with Crippen LogP contribution < -0.4 is 5.32 Å². The van der Waals surface area contributed by atoms with Crippen LogP contribution in [0, 0.1) is 29.6 Å². The van der Waals surface area contributed by atoms with Crippen molar-refractivity contribution in [1.29, 1.82) is 10.5 Å². The average Bonchev–Trinajstić information content (AvgIpc) is 2.39. The van der Waals surface area contributed by atoms with Gasteiger partial charge in [0.25, 0.3) is 0 Å². The minimum absolute atomic E-state index is 0.370. The zero-order valence-corrected chi connectivity index (χ0v) is 11.0. The molecule has 2 aromatic carbocycles. The predicted octanol–water partition coefficient (Wildman–Crippen LogP) is 4.14. The summed E-state index contributed by atoms with van der Waals surface area (Å²) < 4.78 is 0. The molecule has 2 aromatic rings. The number of benzene rings is 2. The molecular formula is C15H10ClN3. The van der Waals surface area contributed by atoms with E-state index in [4.69, 9.17) is 16.9 Å². The second-order valence-corrected chi connectivity index (χ2v) is 4.42. The van der Waals surface area contributed by atoms with Gasteiger partial charge in [-0.3, -0.25) is 0 Å². The minimum atomic E-state index is 0.370. The highest BCUT2D eigenvalue weighted by Gasteiger charge is 2.09. The molecule has 0 heterocycles. The van der Waals surface area contributed by atoms with E-state index in [1.807, 2.05) is 19.1 Å². The number of halogens is 1. The largest absolute Gasteiger partial charge is 0.353 e. The van der Waals surface area contributed by atoms with Gasteiger partial charge in [0.05, 0.1) is 27.5 Å². The van der Waals surface area contributed by atoms with Gasteiger partial charge in [0.2, 0.25) is 0 Å². The molecule has 0 radical (unpaired) electrons. The third-order valence-corrected chi connectivity index (χ3v) is 3.09. The molecule has 1 N–H and O–H groups in total. The van der Waals surface area contributed by atoms with Crippen LogP contribution in [-0.2, 0) is 0 Å². The van der Waals surface area contributed by atoms with Gasteiger partial charge in [0.1, 0.15) is 12.1 Å². The van der Waals surface area contributed by atoms with Crippen LogP contribution in [0.5, 0.6) is 0 Å². The van der Waals surface area contributed by atoms with E-state index in [2.05, 4.69) is 17.5 Å². The maximum Gasteiger partial charge on any atom is 0.103 e. The lowest BCUT2D eigenvalue weighted by Gasteiger charge is -2.11. The summed E-state index contributed by atoms with van der Waals surface area (Å²) in [5, 5.41) is 21.8. The van der Waals surface area contributed by atoms with E-state index in [1.54, 1.807) is 24.3 Å². The highest BCUT2D eigenvalue weighted by atomic mass is 35.5. The number of anilines is 2. The fourth-order valence-electron chi connectivity index (χ4n) is 1.81. The molecule has 0 aliphatic carbocycles. The number of hydrogen-bond acceptors (Lipinski definition) is 3. The topological polar surface area (TPSA) is 59.6 Å². The van der Waals surface area contributed by atoms with Gasteiger partial charge in [0.15, 0.2) is 0 Å². The third-order valence-electron chi connectivity index (χ3n) is 2.78. The zero-order valence-electron chi connectivity index (χ0n) is 10.2. The Kier molecular flexibility index (Phi) is 3.71. The predicted molar refractivity (Wildman–Crippen MR) is 75.3 cm³/mol. The van der Waals surface area contributed by atoms with Crippen LogP contribution >= 0.6 is 11.6 Å². The average molecular weight is 268 g/mol. The van der Waals surface area contributed by atoms with Crippen LogP contribution in [0.4, 0.5) is 11.4 Å². The molecule has 0 spiro atoms. The molecule has 0 aromatic heterocycles. The molecule has 0 atom stereocenters. The Labute approximate surface area is 116 Å². The number of hydrogen-bond donors (Lipinski definition) is 1. The molecule has 2 rings (SSSR count). The van der Waals surface area contributed by atoms with Crippen LogP contribution in [-0.4, -0.2) is 0 Å². The Balaban J connectivity index is 2.50. The summed E-state index contributed by atoms with van der Waals surface area (Å²) >= 11 is 5.97. The first-order valence-electron chi connectivity index (χ1n) is 5.62. The summed E-state index contributed by atoms with van der Waals surface area (Å²) in [6.07, 6.45) is 0. The highest BCUT2D eigenvalue weighted by Crippen LogP contribution is 2.28. The fourth-order valence-corrected chi connectivity index (χ4v) is 2.02. The van der Waals surface area contributed by atoms with Crippen molar-refractivity contribution in [3.8, 4) is 12.1 Å². The molecule has 92 valence electrons. The van der Waals surface area contributed by atoms with E-state index >= 15 is 0 Å². The van der Waals surface area contributed by atoms with Crippen molar-refractivity contribution in [1.82, 2.24) is 0 Å². The quantitative estimate of drug-likeness (QED) is 0.890. The van der Waals surface area contributed by atoms with E-state index in [0.29, 0.717) is 27.5 Å². The summed E-state index contributed by atoms with van der Waals surface area (Å²) in [7, 11) is 0. The molecule has 0 amide bonds. The van der Waals surface area contributed by atoms with E-state index in [-0.39, 0.29) is 0 Å². The van der Waals surface area contributed by atoms with Crippen LogP contribution in [0.3, 0.4) is 0 Å². The maximum absolute atomic E-state index is 9.18. The van der Waals surface area contributed by atoms with E-state index < -0.39 is 0 Å². The number of nitrogens with zero attached hydrogens (tertiary/aromatic N) is 2. The molecule has 3 nitrogen and oxygen atoms in total. The maximum atomic E-state index is 9.18. The first kappa shape index (κ1) is 13.0. The van der Waals surface area contributed by atoms with Gasteiger partial charge in [-0.15, -0.1) is 0 Å². The van der Waals surface area contributed by atoms with E-state index in [1.165, 1.54) is 0 Å². The van der Waals surface area contributed by atoms with Gasteiger partial charge in [-0.05, 0) is 30.7 Å². The zero-order chi connectivity index (χ0) is 13.8. The first-order chi connectivity index (χ1) is 9.17. The van der Waals surface area contributed by atoms with Crippen LogP contribution in [0.25, 0.3) is 0 Å². The lowest BCUT2D eigenvalue weighted by molar-refractivity contribution is 1.37. The van der Waals surface area contributed by atoms with Crippen LogP contribution in [0.15, 0.2) is 36.4 Å². The van der Waals surface area contributed by atoms with Crippen molar-refractivity contribution >= 4 is 23.0 Å². The monoisotopic (exact) mass is 267 g/mol. The summed E-state index contributed by atoms with van der Waals surface area (Å²) in [5.74, 6) is 0. The Morgan fingerprint density at radius 1 is 0.947 bits per heavy atom. The van der Waals surface area contributed by atoms with E-state index in [0.717, 1.165) is 5.56 Å². The van der Waals surface area contributed by atoms with Gasteiger partial charge in [-0.1, -0.05) is 29.8 Å². The highest BCUT2D eigenvalue weighted by molar-refractivity contribution is 6.32. The molecule has 0 bridgehead atoms. The molecule has 0 aliphatic rings. The van der Waals surface area contributed by atoms with E-state index in [9.17, 15) is 5.26 Å². The van der Waals surface area contributed by atoms with Crippen molar-refractivity contribution in [2.75, 3.05) is 5.32 Å². The molecule has 0 fully saturated rings. The Morgan fingerprint density at radius 2 is 1.53 bits per heavy atom. The number of nitrogens with one attached hydrogen (secondary N) is 1. The fraction of sp³-hybridized carbons (Fsp3) is 0.0667. The van der Waals surface area contributed by atoms with Crippen molar-refractivity contribution in [3.05, 3.63) is 58.1 Å². The van der Waals surface area contributed by atoms with Crippen LogP contribution in [0.1, 0.15) is 16.7 Å². The summed E-state index contributed by atoms with van der Waals surface area (Å²) in [6.45, 7) is 1.87. The SMILES string of the molecule is Cc1cccc(Nc2cccc(Cl)c2C#N)c1C#N. The van der Waals surface area contributed by atoms with Crippen molar-refractivity contribution in [2.45, 2.75) is 6.92 Å². The van der Waals surface area contributed by atoms with Gasteiger partial charge >= 0.3 is 0 Å². The lowest BCUT2D eigenvalue weighted by Crippen LogP contribution is -1.98. The van der Waals surface area contributed by atoms with Gasteiger partial charge < -0.3 is 5.32 Å². The van der Waals surface area contributed by atoms with Crippen molar-refractivity contribution < 1.29 is 0 Å². The molecule has 0 unspecified atom stereocenters. The summed E-state index contributed by atoms with van der Waals surface area (Å²) in [4.78, 5) is 0. The van der Waals surface area contributed by atoms with Crippen LogP contribution in [0.2, 0.25) is 5.02 Å². The molecule has 0 saturated carbocycles. The normalized spacial score (nSPS) is 9.47. The smallest absolute Gasteiger partial charge is 0.103 e. The molecular weight excluding hydrogens is 258 g/mol. The Morgan fingerprint density at radius 3 is 2.16 bits per heavy atom. The minimum Gasteiger partial charge on any atom is -0.353 e. The number of nitriles is 2. The Bertz CT molecular complexity index is 647. The number of aryl methyl sites for hydroxylation is 1. The summed E-state index contributed by atoms with van der Waals surface area (Å²) in [5.41, 5.74) is 3.08. The molecule has 4 heteroatoms. The second kappa shape index (κ2) is 5.44.